The van der Waals surface area contributed by atoms with Crippen LogP contribution in [0.3, 0.4) is 0 Å². The highest BCUT2D eigenvalue weighted by Crippen LogP contribution is 2.42. The molecule has 0 bridgehead atoms. The molecule has 0 amide bonds. The van der Waals surface area contributed by atoms with Gasteiger partial charge < -0.3 is 4.74 Å². The molecule has 0 saturated carbocycles. The van der Waals surface area contributed by atoms with Crippen LogP contribution in [0.5, 0.6) is 0 Å². The Morgan fingerprint density at radius 1 is 0.750 bits per heavy atom. The molecule has 0 radical (unpaired) electrons. The number of aryl methyl sites for hydroxylation is 3. The van der Waals surface area contributed by atoms with Crippen LogP contribution >= 0.6 is 0 Å². The molecule has 1 heteroatoms. The van der Waals surface area contributed by atoms with Gasteiger partial charge >= 0.3 is 0 Å². The van der Waals surface area contributed by atoms with Crippen molar-refractivity contribution in [2.75, 3.05) is 7.11 Å². The van der Waals surface area contributed by atoms with Crippen molar-refractivity contribution < 1.29 is 4.74 Å². The molecular weight excluding hydrogens is 292 g/mol. The van der Waals surface area contributed by atoms with Crippen molar-refractivity contribution in [1.82, 2.24) is 0 Å². The van der Waals surface area contributed by atoms with Gasteiger partial charge in [0.25, 0.3) is 0 Å². The Morgan fingerprint density at radius 3 is 1.96 bits per heavy atom. The van der Waals surface area contributed by atoms with Gasteiger partial charge in [-0.2, -0.15) is 0 Å². The summed E-state index contributed by atoms with van der Waals surface area (Å²) in [5.74, 6) is 0. The summed E-state index contributed by atoms with van der Waals surface area (Å²) in [5.41, 5.74) is 13.4. The van der Waals surface area contributed by atoms with Crippen molar-refractivity contribution in [2.45, 2.75) is 66.4 Å². The van der Waals surface area contributed by atoms with Crippen LogP contribution < -0.4 is 0 Å². The van der Waals surface area contributed by atoms with Gasteiger partial charge in [0.15, 0.2) is 0 Å². The van der Waals surface area contributed by atoms with Crippen molar-refractivity contribution in [2.24, 2.45) is 0 Å². The maximum absolute atomic E-state index is 5.58. The van der Waals surface area contributed by atoms with Crippen molar-refractivity contribution >= 4 is 0 Å². The largest absolute Gasteiger partial charge is 0.380 e. The third-order valence-electron chi connectivity index (χ3n) is 5.63. The average Bonchev–Trinajstić information content (AvgIpc) is 2.97. The van der Waals surface area contributed by atoms with E-state index in [1.165, 1.54) is 50.1 Å². The molecule has 1 aliphatic rings. The molecule has 0 fully saturated rings. The molecule has 1 aliphatic carbocycles. The lowest BCUT2D eigenvalue weighted by Crippen LogP contribution is -2.05. The molecule has 0 N–H and O–H groups in total. The van der Waals surface area contributed by atoms with Crippen LogP contribution in [0.2, 0.25) is 0 Å². The Labute approximate surface area is 147 Å². The summed E-state index contributed by atoms with van der Waals surface area (Å²) in [6.45, 7) is 9.81. The van der Waals surface area contributed by atoms with E-state index < -0.39 is 0 Å². The van der Waals surface area contributed by atoms with Gasteiger partial charge in [-0.05, 0) is 82.2 Å². The van der Waals surface area contributed by atoms with Crippen LogP contribution in [0.15, 0.2) is 18.2 Å². The maximum atomic E-state index is 5.58. The summed E-state index contributed by atoms with van der Waals surface area (Å²) >= 11 is 0. The molecular formula is C23H30O. The normalized spacial score (nSPS) is 12.4. The number of methoxy groups -OCH3 is 1. The zero-order valence-corrected chi connectivity index (χ0v) is 15.9. The Hall–Kier alpha value is -1.60. The zero-order chi connectivity index (χ0) is 17.3. The standard InChI is InChI=1S/C23H30O/c1-6-15-10-18-13-22-21(20(18)11-16(15)7-2)12-17(8-3)19(9-4)23(22)14-24-5/h10-12H,6-9,13-14H2,1-5H3. The molecule has 0 spiro atoms. The third-order valence-corrected chi connectivity index (χ3v) is 5.63. The van der Waals surface area contributed by atoms with Gasteiger partial charge in [0.1, 0.15) is 0 Å². The summed E-state index contributed by atoms with van der Waals surface area (Å²) in [6, 6.07) is 7.38. The fraction of sp³-hybridized carbons (Fsp3) is 0.478. The smallest absolute Gasteiger partial charge is 0.0718 e. The molecule has 24 heavy (non-hydrogen) atoms. The van der Waals surface area contributed by atoms with E-state index in [-0.39, 0.29) is 0 Å². The summed E-state index contributed by atoms with van der Waals surface area (Å²) in [5, 5.41) is 0. The fourth-order valence-corrected chi connectivity index (χ4v) is 4.39. The number of fused-ring (bicyclic) bond motifs is 3. The van der Waals surface area contributed by atoms with Crippen molar-refractivity contribution in [3.63, 3.8) is 0 Å². The SMILES string of the molecule is CCc1cc2c(cc1CC)-c1cc(CC)c(CC)c(COC)c1C2. The fourth-order valence-electron chi connectivity index (χ4n) is 4.39. The van der Waals surface area contributed by atoms with E-state index in [4.69, 9.17) is 4.74 Å². The van der Waals surface area contributed by atoms with Crippen LogP contribution in [0.4, 0.5) is 0 Å². The van der Waals surface area contributed by atoms with Crippen molar-refractivity contribution in [3.8, 4) is 11.1 Å². The molecule has 0 aliphatic heterocycles. The van der Waals surface area contributed by atoms with E-state index in [9.17, 15) is 0 Å². The second-order valence-electron chi connectivity index (χ2n) is 6.82. The molecule has 2 aromatic carbocycles. The lowest BCUT2D eigenvalue weighted by molar-refractivity contribution is 0.183. The summed E-state index contributed by atoms with van der Waals surface area (Å²) in [6.07, 6.45) is 5.49. The van der Waals surface area contributed by atoms with Crippen LogP contribution in [0, 0.1) is 0 Å². The number of rotatable bonds is 6. The minimum absolute atomic E-state index is 0.731. The highest BCUT2D eigenvalue weighted by atomic mass is 16.5. The first-order valence-electron chi connectivity index (χ1n) is 9.48. The lowest BCUT2D eigenvalue weighted by atomic mass is 9.89. The van der Waals surface area contributed by atoms with E-state index in [1.807, 2.05) is 7.11 Å². The Kier molecular flexibility index (Phi) is 5.10. The summed E-state index contributed by atoms with van der Waals surface area (Å²) in [7, 11) is 1.82. The zero-order valence-electron chi connectivity index (χ0n) is 15.9. The highest BCUT2D eigenvalue weighted by Gasteiger charge is 2.25. The van der Waals surface area contributed by atoms with Crippen LogP contribution in [-0.4, -0.2) is 7.11 Å². The first-order valence-corrected chi connectivity index (χ1v) is 9.48. The van der Waals surface area contributed by atoms with E-state index in [0.717, 1.165) is 38.7 Å². The molecule has 0 aromatic heterocycles. The van der Waals surface area contributed by atoms with Gasteiger partial charge in [0.2, 0.25) is 0 Å². The Balaban J connectivity index is 2.24. The topological polar surface area (TPSA) is 9.23 Å². The first kappa shape index (κ1) is 17.2. The second-order valence-corrected chi connectivity index (χ2v) is 6.82. The van der Waals surface area contributed by atoms with E-state index >= 15 is 0 Å². The number of hydrogen-bond donors (Lipinski definition) is 0. The summed E-state index contributed by atoms with van der Waals surface area (Å²) < 4.78 is 5.58. The van der Waals surface area contributed by atoms with E-state index in [0.29, 0.717) is 0 Å². The first-order chi connectivity index (χ1) is 11.7. The predicted molar refractivity (Wildman–Crippen MR) is 103 cm³/mol. The van der Waals surface area contributed by atoms with E-state index in [2.05, 4.69) is 45.9 Å². The monoisotopic (exact) mass is 322 g/mol. The quantitative estimate of drug-likeness (QED) is 0.569. The molecule has 0 saturated heterocycles. The van der Waals surface area contributed by atoms with Crippen molar-refractivity contribution in [3.05, 3.63) is 57.1 Å². The van der Waals surface area contributed by atoms with Gasteiger partial charge in [0, 0.05) is 7.11 Å². The molecule has 3 rings (SSSR count). The minimum Gasteiger partial charge on any atom is -0.380 e. The van der Waals surface area contributed by atoms with Crippen LogP contribution in [0.1, 0.15) is 66.6 Å². The maximum Gasteiger partial charge on any atom is 0.0718 e. The lowest BCUT2D eigenvalue weighted by Gasteiger charge is -2.18. The van der Waals surface area contributed by atoms with Gasteiger partial charge in [-0.25, -0.2) is 0 Å². The molecule has 0 heterocycles. The van der Waals surface area contributed by atoms with Gasteiger partial charge in [0.05, 0.1) is 6.61 Å². The van der Waals surface area contributed by atoms with Crippen molar-refractivity contribution in [1.29, 1.82) is 0 Å². The molecule has 1 nitrogen and oxygen atoms in total. The minimum atomic E-state index is 0.731. The number of benzene rings is 2. The molecule has 128 valence electrons. The number of ether oxygens (including phenoxy) is 1. The Bertz CT molecular complexity index is 755. The third kappa shape index (κ3) is 2.69. The molecule has 0 unspecified atom stereocenters. The predicted octanol–water partition coefficient (Wildman–Crippen LogP) is 5.65. The van der Waals surface area contributed by atoms with Gasteiger partial charge in [-0.3, -0.25) is 0 Å². The Morgan fingerprint density at radius 2 is 1.38 bits per heavy atom. The molecule has 0 atom stereocenters. The van der Waals surface area contributed by atoms with Gasteiger partial charge in [-0.1, -0.05) is 45.9 Å². The van der Waals surface area contributed by atoms with E-state index in [1.54, 1.807) is 0 Å². The van der Waals surface area contributed by atoms with Crippen LogP contribution in [0.25, 0.3) is 11.1 Å². The van der Waals surface area contributed by atoms with Crippen LogP contribution in [-0.2, 0) is 43.4 Å². The molecule has 2 aromatic rings. The highest BCUT2D eigenvalue weighted by molar-refractivity contribution is 5.80. The number of hydrogen-bond acceptors (Lipinski definition) is 1. The second kappa shape index (κ2) is 7.11. The van der Waals surface area contributed by atoms with Gasteiger partial charge in [-0.15, -0.1) is 0 Å². The average molecular weight is 322 g/mol. The summed E-state index contributed by atoms with van der Waals surface area (Å²) in [4.78, 5) is 0.